The molecule has 12 heterocycles. The molecule has 3 saturated heterocycles. The first kappa shape index (κ1) is 103. The van der Waals surface area contributed by atoms with Crippen LogP contribution in [-0.2, 0) is 14.4 Å². The quantitative estimate of drug-likeness (QED) is 0.0371. The van der Waals surface area contributed by atoms with Crippen molar-refractivity contribution in [2.24, 2.45) is 0 Å². The number of nitrogens with zero attached hydrogens (tertiary/aromatic N) is 18. The molecule has 12 aromatic rings. The number of carbonyl (C=O) groups excluding carboxylic acids is 3. The highest BCUT2D eigenvalue weighted by molar-refractivity contribution is 6.51. The Balaban J connectivity index is 0.000000175. The SMILES string of the molecule is C=CC(=O)N1CCN(c2c(C#N)c(=O)n(-c3c(C)ccnc3C(C)C)c3nc(-c4c(O)c(F)c(Cl)c(Cl)c4Cl)c(Cl)cc23)C[C@H]1C.C=CC(=O)N1CCN(c2c(C#N)c(=O)n(-c3c(C)ccnc3C(C)C)c3nc(-c4c(O)c(F)c(Cl)c(Cl)c4Cl)c(Cl)cc23)C[C@H]1C.C=CC(=O)N1CCN(c2c(C#N)c(=O)n(-c3c(C)ccnc3C(C)C)c3nc(-c4c(O)c(F)c(Cl)c(Cl)c4F)c(Cl)cc23)C[C@H]1C. The lowest BCUT2D eigenvalue weighted by atomic mass is 10.0. The van der Waals surface area contributed by atoms with Gasteiger partial charge in [-0.1, -0.05) is 189 Å². The van der Waals surface area contributed by atoms with Crippen LogP contribution in [0.15, 0.2) is 107 Å². The number of fused-ring (bicyclic) bond motifs is 3. The first-order valence-corrected chi connectivity index (χ1v) is 46.5. The standard InChI is InChI=1S/2C32H27Cl4FN6O3.C32H27Cl3F2N6O3/c2*1-6-20(44)42-10-9-41(13-16(42)5)29-17-11-19(33)27(21-22(34)23(35)24(36)25(37)30(21)45)40-31(17)43(32(46)18(29)12-38)28-15(4)7-8-39-26(28)14(2)3;1-6-20(44)42-10-9-41(13-16(42)5)29-17-11-19(33)27(21-24(36)22(34)23(35)25(37)30(21)45)40-31(17)43(32(46)18(29)12-38)28-15(4)7-8-39-26(28)14(2)3/h3*6-8,11,14,16,45H,1,9-10,13H2,2-5H3/t3*16-/m111/s1. The lowest BCUT2D eigenvalue weighted by molar-refractivity contribution is -0.129. The average Bonchev–Trinajstić information content (AvgIpc) is 0.726. The van der Waals surface area contributed by atoms with Crippen LogP contribution in [0.3, 0.4) is 0 Å². The number of anilines is 3. The van der Waals surface area contributed by atoms with E-state index in [1.807, 2.05) is 72.1 Å². The van der Waals surface area contributed by atoms with E-state index in [0.717, 1.165) is 0 Å². The molecule has 0 aliphatic carbocycles. The number of aromatic hydroxyl groups is 3. The highest BCUT2D eigenvalue weighted by atomic mass is 35.5. The lowest BCUT2D eigenvalue weighted by Crippen LogP contribution is -2.54. The summed E-state index contributed by atoms with van der Waals surface area (Å²) in [6.07, 6.45) is 8.54. The maximum atomic E-state index is 15.6. The minimum Gasteiger partial charge on any atom is -0.504 e. The van der Waals surface area contributed by atoms with Gasteiger partial charge in [0.2, 0.25) is 17.7 Å². The van der Waals surface area contributed by atoms with Gasteiger partial charge >= 0.3 is 0 Å². The van der Waals surface area contributed by atoms with Crippen LogP contribution < -0.4 is 31.4 Å². The minimum atomic E-state index is -1.38. The highest BCUT2D eigenvalue weighted by Gasteiger charge is 2.40. The Morgan fingerprint density at radius 2 is 0.645 bits per heavy atom. The van der Waals surface area contributed by atoms with Gasteiger partial charge in [0.05, 0.1) is 125 Å². The number of aromatic nitrogens is 9. The predicted molar refractivity (Wildman–Crippen MR) is 533 cm³/mol. The molecule has 714 valence electrons. The van der Waals surface area contributed by atoms with Crippen LogP contribution in [0, 0.1) is 78.0 Å². The van der Waals surface area contributed by atoms with Crippen molar-refractivity contribution in [2.75, 3.05) is 73.6 Å². The molecule has 42 heteroatoms. The normalized spacial score (nSPS) is 15.0. The third kappa shape index (κ3) is 18.2. The first-order chi connectivity index (χ1) is 65.2. The van der Waals surface area contributed by atoms with E-state index in [0.29, 0.717) is 74.7 Å². The lowest BCUT2D eigenvalue weighted by Gasteiger charge is -2.41. The fraction of sp³-hybridized carbons (Fsp3) is 0.281. The summed E-state index contributed by atoms with van der Waals surface area (Å²) < 4.78 is 64.2. The van der Waals surface area contributed by atoms with Gasteiger partial charge in [-0.15, -0.1) is 0 Å². The molecule has 27 nitrogen and oxygen atoms in total. The van der Waals surface area contributed by atoms with Crippen molar-refractivity contribution in [3.8, 4) is 86.3 Å². The van der Waals surface area contributed by atoms with Crippen LogP contribution in [0.2, 0.25) is 55.2 Å². The van der Waals surface area contributed by atoms with Gasteiger partial charge in [-0.3, -0.25) is 57.4 Å². The zero-order valence-corrected chi connectivity index (χ0v) is 83.7. The first-order valence-electron chi connectivity index (χ1n) is 42.4. The summed E-state index contributed by atoms with van der Waals surface area (Å²) in [5, 5.41) is 60.0. The topological polar surface area (TPSA) is 346 Å². The Labute approximate surface area is 842 Å². The average molecular weight is 2100 g/mol. The van der Waals surface area contributed by atoms with E-state index in [1.165, 1.54) is 50.1 Å². The van der Waals surface area contributed by atoms with E-state index < -0.39 is 88.5 Å². The fourth-order valence-electron chi connectivity index (χ4n) is 17.4. The Morgan fingerprint density at radius 1 is 0.399 bits per heavy atom. The van der Waals surface area contributed by atoms with Crippen LogP contribution in [0.25, 0.3) is 83.9 Å². The molecule has 3 atom stereocenters. The molecule has 9 aromatic heterocycles. The minimum absolute atomic E-state index is 0.0376. The molecule has 3 amide bonds. The van der Waals surface area contributed by atoms with E-state index in [1.54, 1.807) is 77.2 Å². The number of nitriles is 3. The molecule has 0 saturated carbocycles. The van der Waals surface area contributed by atoms with Gasteiger partial charge in [-0.2, -0.15) is 15.8 Å². The van der Waals surface area contributed by atoms with Crippen molar-refractivity contribution >= 4 is 195 Å². The van der Waals surface area contributed by atoms with Gasteiger partial charge < -0.3 is 44.7 Å². The molecular formula is C96H81Cl11F4N18O9. The molecule has 0 spiro atoms. The summed E-state index contributed by atoms with van der Waals surface area (Å²) in [7, 11) is 0. The Hall–Kier alpha value is -12.0. The second-order valence-electron chi connectivity index (χ2n) is 33.6. The van der Waals surface area contributed by atoms with Crippen molar-refractivity contribution in [1.82, 2.24) is 58.3 Å². The van der Waals surface area contributed by atoms with E-state index in [-0.39, 0.29) is 213 Å². The second-order valence-corrected chi connectivity index (χ2v) is 37.8. The molecule has 3 aliphatic heterocycles. The number of pyridine rings is 9. The van der Waals surface area contributed by atoms with Gasteiger partial charge in [0, 0.05) is 112 Å². The monoisotopic (exact) mass is 2090 g/mol. The number of phenols is 3. The third-order valence-corrected chi connectivity index (χ3v) is 28.3. The smallest absolute Gasteiger partial charge is 0.276 e. The van der Waals surface area contributed by atoms with Gasteiger partial charge in [-0.05, 0) is 131 Å². The fourth-order valence-corrected chi connectivity index (χ4v) is 19.9. The number of piperazine rings is 3. The summed E-state index contributed by atoms with van der Waals surface area (Å²) in [6, 6.07) is 14.8. The number of phenolic OH excluding ortho intramolecular Hbond substituents is 3. The van der Waals surface area contributed by atoms with Gasteiger partial charge in [0.1, 0.15) is 66.9 Å². The Bertz CT molecular complexity index is 6790. The molecule has 15 rings (SSSR count). The van der Waals surface area contributed by atoms with Crippen molar-refractivity contribution in [3.05, 3.63) is 253 Å². The zero-order chi connectivity index (χ0) is 101. The molecule has 3 fully saturated rings. The summed E-state index contributed by atoms with van der Waals surface area (Å²) >= 11 is 69.3. The highest BCUT2D eigenvalue weighted by Crippen LogP contribution is 2.53. The van der Waals surface area contributed by atoms with Crippen LogP contribution >= 0.6 is 128 Å². The van der Waals surface area contributed by atoms with Crippen molar-refractivity contribution in [3.63, 3.8) is 0 Å². The molecule has 0 bridgehead atoms. The largest absolute Gasteiger partial charge is 0.504 e. The summed E-state index contributed by atoms with van der Waals surface area (Å²) in [5.74, 6) is -9.38. The maximum Gasteiger partial charge on any atom is 0.276 e. The summed E-state index contributed by atoms with van der Waals surface area (Å²) in [4.78, 5) is 119. The van der Waals surface area contributed by atoms with E-state index >= 15 is 4.39 Å². The van der Waals surface area contributed by atoms with Gasteiger partial charge in [-0.25, -0.2) is 32.5 Å². The van der Waals surface area contributed by atoms with Crippen LogP contribution in [-0.4, -0.2) is 168 Å². The molecule has 138 heavy (non-hydrogen) atoms. The number of carbonyl (C=O) groups is 3. The maximum absolute atomic E-state index is 15.6. The third-order valence-electron chi connectivity index (χ3n) is 24.0. The molecule has 0 radical (unpaired) electrons. The van der Waals surface area contributed by atoms with Gasteiger partial charge in [0.15, 0.2) is 40.5 Å². The zero-order valence-electron chi connectivity index (χ0n) is 75.4. The number of hydrogen-bond acceptors (Lipinski definition) is 21. The summed E-state index contributed by atoms with van der Waals surface area (Å²) in [6.45, 7) is 35.5. The Morgan fingerprint density at radius 3 is 0.891 bits per heavy atom. The Kier molecular flexibility index (Phi) is 30.9. The van der Waals surface area contributed by atoms with Crippen molar-refractivity contribution in [1.29, 1.82) is 15.8 Å². The van der Waals surface area contributed by atoms with Gasteiger partial charge in [0.25, 0.3) is 16.7 Å². The van der Waals surface area contributed by atoms with E-state index in [9.17, 15) is 73.0 Å². The van der Waals surface area contributed by atoms with Crippen molar-refractivity contribution in [2.45, 2.75) is 119 Å². The molecule has 0 unspecified atom stereocenters. The second kappa shape index (κ2) is 41.2. The number of aryl methyl sites for hydroxylation is 3. The number of halogens is 15. The number of amides is 3. The van der Waals surface area contributed by atoms with Crippen LogP contribution in [0.5, 0.6) is 17.2 Å². The van der Waals surface area contributed by atoms with Crippen LogP contribution in [0.4, 0.5) is 34.6 Å². The summed E-state index contributed by atoms with van der Waals surface area (Å²) in [5.41, 5.74) is 0.597. The molecule has 3 aromatic carbocycles. The van der Waals surface area contributed by atoms with Crippen LogP contribution in [0.1, 0.15) is 131 Å². The number of hydrogen-bond donors (Lipinski definition) is 3. The molecular weight excluding hydrogens is 2020 g/mol. The predicted octanol–water partition coefficient (Wildman–Crippen LogP) is 21.8. The number of benzene rings is 3. The van der Waals surface area contributed by atoms with E-state index in [2.05, 4.69) is 57.9 Å². The number of rotatable bonds is 15. The van der Waals surface area contributed by atoms with Crippen molar-refractivity contribution < 1.29 is 47.3 Å². The molecule has 3 aliphatic rings. The molecule has 3 N–H and O–H groups in total. The van der Waals surface area contributed by atoms with E-state index in [4.69, 9.17) is 138 Å².